The van der Waals surface area contributed by atoms with Gasteiger partial charge in [0.2, 0.25) is 0 Å². The Morgan fingerprint density at radius 3 is 2.71 bits per heavy atom. The average molecular weight is 507 g/mol. The smallest absolute Gasteiger partial charge is 0.338 e. The fraction of sp³-hybridized carbons (Fsp3) is 0.0625. The van der Waals surface area contributed by atoms with Crippen molar-refractivity contribution in [1.82, 2.24) is 8.96 Å². The number of ether oxygens (including phenoxy) is 1. The predicted octanol–water partition coefficient (Wildman–Crippen LogP) is 4.41. The van der Waals surface area contributed by atoms with E-state index in [0.717, 1.165) is 3.97 Å². The van der Waals surface area contributed by atoms with Gasteiger partial charge in [-0.3, -0.25) is 4.79 Å². The van der Waals surface area contributed by atoms with Crippen molar-refractivity contribution in [3.05, 3.63) is 50.7 Å². The molecule has 0 saturated carbocycles. The van der Waals surface area contributed by atoms with Crippen molar-refractivity contribution in [2.45, 2.75) is 0 Å². The minimum atomic E-state index is -0.748. The van der Waals surface area contributed by atoms with Gasteiger partial charge in [-0.15, -0.1) is 17.0 Å². The highest BCUT2D eigenvalue weighted by molar-refractivity contribution is 9.10. The zero-order chi connectivity index (χ0) is 20.4. The molecule has 1 heterocycles. The highest BCUT2D eigenvalue weighted by Crippen LogP contribution is 2.33. The Labute approximate surface area is 177 Å². The van der Waals surface area contributed by atoms with E-state index in [4.69, 9.17) is 8.92 Å². The largest absolute Gasteiger partial charge is 0.465 e. The van der Waals surface area contributed by atoms with Crippen LogP contribution in [0.3, 0.4) is 0 Å². The third kappa shape index (κ3) is 3.76. The van der Waals surface area contributed by atoms with Crippen molar-refractivity contribution < 1.29 is 21.5 Å². The van der Waals surface area contributed by atoms with E-state index >= 15 is 0 Å². The van der Waals surface area contributed by atoms with Crippen LogP contribution < -0.4 is 15.0 Å². The van der Waals surface area contributed by atoms with Gasteiger partial charge in [-0.05, 0) is 23.5 Å². The predicted molar refractivity (Wildman–Crippen MR) is 113 cm³/mol. The molecule has 0 aliphatic rings. The zero-order valence-corrected chi connectivity index (χ0v) is 18.3. The molecule has 0 saturated heterocycles. The second kappa shape index (κ2) is 8.77. The second-order valence-corrected chi connectivity index (χ2v) is 7.59. The summed E-state index contributed by atoms with van der Waals surface area (Å²) in [5.74, 6) is -0.607. The van der Waals surface area contributed by atoms with Crippen LogP contribution in [-0.4, -0.2) is 22.0 Å². The molecule has 2 aromatic carbocycles. The third-order valence-electron chi connectivity index (χ3n) is 3.81. The summed E-state index contributed by atoms with van der Waals surface area (Å²) < 4.78 is 37.2. The van der Waals surface area contributed by atoms with Crippen LogP contribution >= 0.6 is 49.9 Å². The number of rotatable bonds is 5. The van der Waals surface area contributed by atoms with E-state index in [1.54, 1.807) is 12.1 Å². The number of aromatic nitrogens is 2. The Morgan fingerprint density at radius 2 is 2.07 bits per heavy atom. The molecule has 1 atom stereocenters. The molecule has 6 nitrogen and oxygen atoms in total. The summed E-state index contributed by atoms with van der Waals surface area (Å²) in [5, 5.41) is 0.355. The topological polar surface area (TPSA) is 70.4 Å². The van der Waals surface area contributed by atoms with E-state index in [1.165, 1.54) is 25.3 Å². The molecule has 0 amide bonds. The summed E-state index contributed by atoms with van der Waals surface area (Å²) in [7, 11) is 3.59. The van der Waals surface area contributed by atoms with Crippen LogP contribution in [0.1, 0.15) is 10.4 Å². The molecular formula is C16H10BrF2N2O4PS2. The molecule has 0 spiro atoms. The number of hydrogen-bond donors (Lipinski definition) is 0. The van der Waals surface area contributed by atoms with Crippen molar-refractivity contribution in [3.8, 4) is 17.0 Å². The van der Waals surface area contributed by atoms with Gasteiger partial charge >= 0.3 is 5.97 Å². The van der Waals surface area contributed by atoms with E-state index in [2.05, 4.69) is 30.2 Å². The molecule has 0 N–H and O–H groups in total. The summed E-state index contributed by atoms with van der Waals surface area (Å²) in [5.41, 5.74) is -0.233. The maximum absolute atomic E-state index is 13.7. The Kier molecular flexibility index (Phi) is 6.59. The molecule has 0 fully saturated rings. The van der Waals surface area contributed by atoms with Crippen LogP contribution in [-0.2, 0) is 4.74 Å². The minimum absolute atomic E-state index is 0.00430. The average Bonchev–Trinajstić information content (AvgIpc) is 2.68. The molecule has 3 rings (SSSR count). The van der Waals surface area contributed by atoms with E-state index in [0.29, 0.717) is 9.78 Å². The number of halogens is 3. The lowest BCUT2D eigenvalue weighted by Crippen LogP contribution is -2.22. The molecule has 3 aromatic rings. The molecule has 0 aliphatic heterocycles. The van der Waals surface area contributed by atoms with Gasteiger partial charge in [-0.1, -0.05) is 28.1 Å². The van der Waals surface area contributed by atoms with Crippen LogP contribution in [0.2, 0.25) is 0 Å². The second-order valence-electron chi connectivity index (χ2n) is 5.31. The first kappa shape index (κ1) is 21.0. The molecule has 1 unspecified atom stereocenters. The number of methoxy groups -OCH3 is 1. The van der Waals surface area contributed by atoms with Crippen LogP contribution in [0.4, 0.5) is 7.77 Å². The standard InChI is InChI=1S/C16H10BrF2N2O4PS2/c1-24-16(23)9-4-2-3-8(14(9)26)12-15(22)21(27-18)10-5-7(17)6-11(25-28-19)13(10)20-12/h2-6H,26H2,1H3. The lowest BCUT2D eigenvalue weighted by Gasteiger charge is -2.13. The van der Waals surface area contributed by atoms with E-state index in [9.17, 15) is 17.4 Å². The monoisotopic (exact) mass is 506 g/mol. The number of esters is 1. The van der Waals surface area contributed by atoms with Crippen LogP contribution in [0.5, 0.6) is 5.75 Å². The van der Waals surface area contributed by atoms with Gasteiger partial charge < -0.3 is 8.92 Å². The van der Waals surface area contributed by atoms with Gasteiger partial charge in [0.05, 0.1) is 18.2 Å². The summed E-state index contributed by atoms with van der Waals surface area (Å²) in [6.45, 7) is 0. The summed E-state index contributed by atoms with van der Waals surface area (Å²) in [4.78, 5) is 29.1. The highest BCUT2D eigenvalue weighted by atomic mass is 79.9. The van der Waals surface area contributed by atoms with Crippen molar-refractivity contribution in [2.75, 3.05) is 7.11 Å². The summed E-state index contributed by atoms with van der Waals surface area (Å²) in [6.07, 6.45) is 0. The number of carbonyl (C=O) groups is 1. The Balaban J connectivity index is 2.39. The maximum atomic E-state index is 13.7. The summed E-state index contributed by atoms with van der Waals surface area (Å²) in [6, 6.07) is 7.52. The number of benzene rings is 2. The van der Waals surface area contributed by atoms with Crippen LogP contribution in [0.15, 0.2) is 39.6 Å². The molecule has 28 heavy (non-hydrogen) atoms. The molecule has 12 heteroatoms. The number of fused-ring (bicyclic) bond motifs is 1. The first-order valence-electron chi connectivity index (χ1n) is 7.40. The molecule has 0 bridgehead atoms. The van der Waals surface area contributed by atoms with Gasteiger partial charge in [-0.25, -0.2) is 13.8 Å². The van der Waals surface area contributed by atoms with Gasteiger partial charge in [0.25, 0.3) is 18.0 Å². The molecule has 0 radical (unpaired) electrons. The number of carbonyl (C=O) groups excluding carboxylic acids is 1. The van der Waals surface area contributed by atoms with Gasteiger partial charge in [-0.2, -0.15) is 0 Å². The van der Waals surface area contributed by atoms with Gasteiger partial charge in [0, 0.05) is 10.0 Å². The van der Waals surface area contributed by atoms with E-state index in [1.807, 2.05) is 0 Å². The normalized spacial score (nSPS) is 10.9. The SMILES string of the molecule is COC(=O)c1cccc(-c2nc3c(OSF)cc(Br)cc3n(SF)c2=O)c1P. The Morgan fingerprint density at radius 1 is 1.32 bits per heavy atom. The first-order chi connectivity index (χ1) is 13.4. The fourth-order valence-electron chi connectivity index (χ4n) is 2.59. The van der Waals surface area contributed by atoms with Crippen LogP contribution in [0.25, 0.3) is 22.3 Å². The van der Waals surface area contributed by atoms with E-state index < -0.39 is 24.0 Å². The third-order valence-corrected chi connectivity index (χ3v) is 5.63. The maximum Gasteiger partial charge on any atom is 0.338 e. The van der Waals surface area contributed by atoms with Gasteiger partial charge in [0.1, 0.15) is 11.2 Å². The van der Waals surface area contributed by atoms with Crippen molar-refractivity contribution in [1.29, 1.82) is 0 Å². The highest BCUT2D eigenvalue weighted by Gasteiger charge is 2.21. The molecule has 146 valence electrons. The lowest BCUT2D eigenvalue weighted by atomic mass is 10.1. The molecular weight excluding hydrogens is 497 g/mol. The molecule has 0 aliphatic carbocycles. The fourth-order valence-corrected chi connectivity index (χ4v) is 4.02. The minimum Gasteiger partial charge on any atom is -0.465 e. The first-order valence-corrected chi connectivity index (χ1v) is 10.1. The zero-order valence-electron chi connectivity index (χ0n) is 13.9. The van der Waals surface area contributed by atoms with Crippen molar-refractivity contribution in [2.24, 2.45) is 0 Å². The summed E-state index contributed by atoms with van der Waals surface area (Å²) >= 11 is 2.48. The van der Waals surface area contributed by atoms with Crippen molar-refractivity contribution >= 4 is 72.2 Å². The Bertz CT molecular complexity index is 1150. The Hall–Kier alpha value is -1.68. The van der Waals surface area contributed by atoms with Crippen molar-refractivity contribution in [3.63, 3.8) is 0 Å². The quantitative estimate of drug-likeness (QED) is 0.288. The number of nitrogens with zero attached hydrogens (tertiary/aromatic N) is 2. The lowest BCUT2D eigenvalue weighted by molar-refractivity contribution is 0.0602. The van der Waals surface area contributed by atoms with E-state index in [-0.39, 0.29) is 45.9 Å². The number of hydrogen-bond acceptors (Lipinski definition) is 7. The van der Waals surface area contributed by atoms with Gasteiger partial charge in [0.15, 0.2) is 18.1 Å². The molecule has 1 aromatic heterocycles. The van der Waals surface area contributed by atoms with Crippen LogP contribution in [0, 0.1) is 0 Å².